The van der Waals surface area contributed by atoms with E-state index < -0.39 is 33.5 Å². The van der Waals surface area contributed by atoms with Crippen LogP contribution in [0, 0.1) is 0 Å². The van der Waals surface area contributed by atoms with Gasteiger partial charge in [0.1, 0.15) is 11.5 Å². The molecular formula is C18H25F6O2P. The van der Waals surface area contributed by atoms with Crippen molar-refractivity contribution in [3.63, 3.8) is 0 Å². The zero-order valence-corrected chi connectivity index (χ0v) is 17.0. The van der Waals surface area contributed by atoms with Gasteiger partial charge in [-0.15, -0.1) is 0 Å². The Morgan fingerprint density at radius 3 is 1.26 bits per heavy atom. The number of hydrogen-bond donors (Lipinski definition) is 0. The number of alkyl halides is 6. The third-order valence-electron chi connectivity index (χ3n) is 3.36. The van der Waals surface area contributed by atoms with E-state index in [2.05, 4.69) is 9.47 Å². The van der Waals surface area contributed by atoms with E-state index in [0.29, 0.717) is 5.30 Å². The lowest BCUT2D eigenvalue weighted by Crippen LogP contribution is -2.31. The molecule has 0 saturated carbocycles. The van der Waals surface area contributed by atoms with Crippen molar-refractivity contribution < 1.29 is 35.8 Å². The van der Waals surface area contributed by atoms with Crippen molar-refractivity contribution in [1.29, 1.82) is 0 Å². The molecule has 27 heavy (non-hydrogen) atoms. The van der Waals surface area contributed by atoms with Gasteiger partial charge in [-0.2, -0.15) is 8.78 Å². The lowest BCUT2D eigenvalue weighted by atomic mass is 10.2. The summed E-state index contributed by atoms with van der Waals surface area (Å²) in [4.78, 5) is 0. The van der Waals surface area contributed by atoms with E-state index in [0.717, 1.165) is 6.07 Å². The molecule has 0 aliphatic carbocycles. The standard InChI is InChI=1S/C18H25F6O2P/c1-17(2,3)27(18(4,5)6)12-8-10(25-15(23)13(19)20)7-11(9-12)26-16(24)14(21)22/h7-9,13-16H,1-6H3. The van der Waals surface area contributed by atoms with Gasteiger partial charge >= 0.3 is 12.9 Å². The second-order valence-corrected chi connectivity index (χ2v) is 11.8. The van der Waals surface area contributed by atoms with Crippen LogP contribution in [0.1, 0.15) is 41.5 Å². The minimum atomic E-state index is -3.39. The lowest BCUT2D eigenvalue weighted by molar-refractivity contribution is -0.0704. The molecule has 1 rings (SSSR count). The van der Waals surface area contributed by atoms with Crippen LogP contribution in [0.2, 0.25) is 0 Å². The molecule has 0 N–H and O–H groups in total. The van der Waals surface area contributed by atoms with E-state index >= 15 is 0 Å². The third kappa shape index (κ3) is 7.05. The first-order valence-electron chi connectivity index (χ1n) is 8.26. The molecular weight excluding hydrogens is 393 g/mol. The second kappa shape index (κ2) is 8.89. The summed E-state index contributed by atoms with van der Waals surface area (Å²) < 4.78 is 85.7. The molecule has 0 fully saturated rings. The summed E-state index contributed by atoms with van der Waals surface area (Å²) in [5, 5.41) is -0.0152. The summed E-state index contributed by atoms with van der Waals surface area (Å²) >= 11 is 0. The molecule has 0 spiro atoms. The minimum absolute atomic E-state index is 0.279. The molecule has 2 unspecified atom stereocenters. The molecule has 0 heterocycles. The van der Waals surface area contributed by atoms with Gasteiger partial charge in [0.2, 0.25) is 0 Å². The van der Waals surface area contributed by atoms with Crippen molar-refractivity contribution in [3.8, 4) is 11.5 Å². The second-order valence-electron chi connectivity index (χ2n) is 7.95. The Morgan fingerprint density at radius 2 is 1.00 bits per heavy atom. The molecule has 156 valence electrons. The highest BCUT2D eigenvalue weighted by molar-refractivity contribution is 7.68. The molecule has 0 amide bonds. The fraction of sp³-hybridized carbons (Fsp3) is 0.667. The molecule has 1 aromatic rings. The number of halogens is 6. The van der Waals surface area contributed by atoms with Crippen LogP contribution in [-0.4, -0.2) is 35.9 Å². The van der Waals surface area contributed by atoms with Crippen LogP contribution < -0.4 is 14.8 Å². The van der Waals surface area contributed by atoms with Crippen LogP contribution in [0.4, 0.5) is 26.3 Å². The lowest BCUT2D eigenvalue weighted by Gasteiger charge is -2.42. The molecule has 1 aromatic carbocycles. The molecule has 2 atom stereocenters. The SMILES string of the molecule is CC(C)(C)P(c1cc(OC(F)C(F)F)cc(OC(F)C(F)F)c1)C(C)(C)C. The highest BCUT2D eigenvalue weighted by Crippen LogP contribution is 2.58. The van der Waals surface area contributed by atoms with Crippen molar-refractivity contribution >= 4 is 13.2 Å². The van der Waals surface area contributed by atoms with Crippen LogP contribution in [0.15, 0.2) is 18.2 Å². The van der Waals surface area contributed by atoms with Gasteiger partial charge in [0.05, 0.1) is 0 Å². The van der Waals surface area contributed by atoms with E-state index in [1.54, 1.807) is 0 Å². The molecule has 0 aromatic heterocycles. The van der Waals surface area contributed by atoms with Gasteiger partial charge in [-0.25, -0.2) is 17.6 Å². The summed E-state index contributed by atoms with van der Waals surface area (Å²) in [5.41, 5.74) is 0. The first kappa shape index (κ1) is 23.9. The zero-order chi connectivity index (χ0) is 21.2. The minimum Gasteiger partial charge on any atom is -0.454 e. The molecule has 0 bridgehead atoms. The predicted molar refractivity (Wildman–Crippen MR) is 95.6 cm³/mol. The summed E-state index contributed by atoms with van der Waals surface area (Å²) in [7, 11) is -1.03. The maximum absolute atomic E-state index is 13.3. The van der Waals surface area contributed by atoms with E-state index in [4.69, 9.17) is 0 Å². The fourth-order valence-corrected chi connectivity index (χ4v) is 7.04. The molecule has 0 aliphatic heterocycles. The van der Waals surface area contributed by atoms with Gasteiger partial charge in [-0.1, -0.05) is 49.5 Å². The average molecular weight is 418 g/mol. The summed E-state index contributed by atoms with van der Waals surface area (Å²) in [5.74, 6) is -0.671. The van der Waals surface area contributed by atoms with E-state index in [9.17, 15) is 26.3 Å². The Morgan fingerprint density at radius 1 is 0.667 bits per heavy atom. The van der Waals surface area contributed by atoms with Crippen molar-refractivity contribution in [2.24, 2.45) is 0 Å². The fourth-order valence-electron chi connectivity index (χ4n) is 2.97. The summed E-state index contributed by atoms with van der Waals surface area (Å²) in [6.07, 6.45) is -12.6. The number of hydrogen-bond acceptors (Lipinski definition) is 2. The van der Waals surface area contributed by atoms with Gasteiger partial charge < -0.3 is 9.47 Å². The summed E-state index contributed by atoms with van der Waals surface area (Å²) in [6, 6.07) is 3.67. The predicted octanol–water partition coefficient (Wildman–Crippen LogP) is 6.27. The van der Waals surface area contributed by atoms with Crippen LogP contribution in [-0.2, 0) is 0 Å². The van der Waals surface area contributed by atoms with Gasteiger partial charge in [-0.3, -0.25) is 0 Å². The third-order valence-corrected chi connectivity index (χ3v) is 6.82. The Balaban J connectivity index is 3.43. The Labute approximate surface area is 157 Å². The van der Waals surface area contributed by atoms with E-state index in [1.165, 1.54) is 12.1 Å². The maximum atomic E-state index is 13.3. The molecule has 0 saturated heterocycles. The molecule has 9 heteroatoms. The number of rotatable bonds is 7. The topological polar surface area (TPSA) is 18.5 Å². The zero-order valence-electron chi connectivity index (χ0n) is 16.1. The highest BCUT2D eigenvalue weighted by Gasteiger charge is 2.36. The van der Waals surface area contributed by atoms with Crippen LogP contribution >= 0.6 is 7.92 Å². The van der Waals surface area contributed by atoms with Crippen LogP contribution in [0.5, 0.6) is 11.5 Å². The Bertz CT molecular complexity index is 565. The van der Waals surface area contributed by atoms with Crippen molar-refractivity contribution in [2.45, 2.75) is 77.4 Å². The monoisotopic (exact) mass is 418 g/mol. The van der Waals surface area contributed by atoms with Crippen molar-refractivity contribution in [2.75, 3.05) is 0 Å². The average Bonchev–Trinajstić information content (AvgIpc) is 2.43. The number of benzene rings is 1. The maximum Gasteiger partial charge on any atom is 0.304 e. The van der Waals surface area contributed by atoms with E-state index in [-0.39, 0.29) is 21.8 Å². The van der Waals surface area contributed by atoms with Gasteiger partial charge in [0.15, 0.2) is 0 Å². The van der Waals surface area contributed by atoms with Gasteiger partial charge in [0.25, 0.3) is 12.7 Å². The highest BCUT2D eigenvalue weighted by atomic mass is 31.1. The largest absolute Gasteiger partial charge is 0.454 e. The van der Waals surface area contributed by atoms with Gasteiger partial charge in [-0.05, 0) is 27.7 Å². The first-order valence-corrected chi connectivity index (χ1v) is 9.60. The molecule has 0 radical (unpaired) electrons. The van der Waals surface area contributed by atoms with E-state index in [1.807, 2.05) is 41.5 Å². The normalized spacial score (nSPS) is 15.4. The first-order chi connectivity index (χ1) is 12.1. The Hall–Kier alpha value is -1.17. The smallest absolute Gasteiger partial charge is 0.304 e. The quantitative estimate of drug-likeness (QED) is 0.384. The van der Waals surface area contributed by atoms with Gasteiger partial charge in [0, 0.05) is 6.07 Å². The van der Waals surface area contributed by atoms with Crippen molar-refractivity contribution in [1.82, 2.24) is 0 Å². The summed E-state index contributed by atoms with van der Waals surface area (Å²) in [6.45, 7) is 11.8. The van der Waals surface area contributed by atoms with Crippen molar-refractivity contribution in [3.05, 3.63) is 18.2 Å². The van der Waals surface area contributed by atoms with Crippen LogP contribution in [0.25, 0.3) is 0 Å². The Kier molecular flexibility index (Phi) is 7.86. The molecule has 2 nitrogen and oxygen atoms in total. The molecule has 0 aliphatic rings. The van der Waals surface area contributed by atoms with Crippen LogP contribution in [0.3, 0.4) is 0 Å². The number of ether oxygens (including phenoxy) is 2.